The summed E-state index contributed by atoms with van der Waals surface area (Å²) in [6.07, 6.45) is 0.190. The van der Waals surface area contributed by atoms with Crippen LogP contribution in [0.15, 0.2) is 18.2 Å². The van der Waals surface area contributed by atoms with Gasteiger partial charge >= 0.3 is 11.9 Å². The van der Waals surface area contributed by atoms with Crippen molar-refractivity contribution in [2.75, 3.05) is 7.11 Å². The van der Waals surface area contributed by atoms with Crippen molar-refractivity contribution in [1.29, 1.82) is 0 Å². The fraction of sp³-hybridized carbons (Fsp3) is 0.273. The first-order chi connectivity index (χ1) is 8.61. The van der Waals surface area contributed by atoms with Crippen molar-refractivity contribution in [3.63, 3.8) is 0 Å². The maximum atomic E-state index is 11.0. The van der Waals surface area contributed by atoms with Crippen molar-refractivity contribution in [2.45, 2.75) is 13.0 Å². The highest BCUT2D eigenvalue weighted by Gasteiger charge is 2.10. The van der Waals surface area contributed by atoms with E-state index in [0.717, 1.165) is 0 Å². The van der Waals surface area contributed by atoms with E-state index in [-0.39, 0.29) is 18.0 Å². The van der Waals surface area contributed by atoms with Crippen molar-refractivity contribution in [3.05, 3.63) is 23.8 Å². The number of methoxy groups -OCH3 is 1. The van der Waals surface area contributed by atoms with E-state index in [4.69, 9.17) is 5.11 Å². The molecule has 7 nitrogen and oxygen atoms in total. The van der Waals surface area contributed by atoms with Gasteiger partial charge in [0.05, 0.1) is 31.2 Å². The van der Waals surface area contributed by atoms with E-state index in [9.17, 15) is 9.59 Å². The third-order valence-electron chi connectivity index (χ3n) is 2.52. The molecule has 0 fully saturated rings. The smallest absolute Gasteiger partial charge is 0.335 e. The lowest BCUT2D eigenvalue weighted by Gasteiger charge is -2.01. The van der Waals surface area contributed by atoms with Gasteiger partial charge < -0.3 is 9.84 Å². The molecule has 0 spiro atoms. The van der Waals surface area contributed by atoms with Crippen LogP contribution in [0.4, 0.5) is 0 Å². The maximum Gasteiger partial charge on any atom is 0.335 e. The number of esters is 1. The molecule has 1 N–H and O–H groups in total. The van der Waals surface area contributed by atoms with Gasteiger partial charge in [0.1, 0.15) is 5.52 Å². The summed E-state index contributed by atoms with van der Waals surface area (Å²) in [6.45, 7) is 0.343. The van der Waals surface area contributed by atoms with Crippen molar-refractivity contribution in [1.82, 2.24) is 15.0 Å². The molecule has 7 heteroatoms. The highest BCUT2D eigenvalue weighted by atomic mass is 16.5. The number of benzene rings is 1. The molecule has 0 atom stereocenters. The predicted octanol–water partition coefficient (Wildman–Crippen LogP) is 0.693. The van der Waals surface area contributed by atoms with Crippen LogP contribution in [0, 0.1) is 0 Å². The second kappa shape index (κ2) is 4.82. The lowest BCUT2D eigenvalue weighted by atomic mass is 10.2. The Labute approximate surface area is 102 Å². The number of carboxylic acid groups (broad SMARTS) is 1. The molecule has 0 unspecified atom stereocenters. The van der Waals surface area contributed by atoms with Crippen LogP contribution in [0.1, 0.15) is 16.8 Å². The van der Waals surface area contributed by atoms with Gasteiger partial charge in [-0.2, -0.15) is 0 Å². The minimum Gasteiger partial charge on any atom is -0.478 e. The third-order valence-corrected chi connectivity index (χ3v) is 2.52. The van der Waals surface area contributed by atoms with E-state index in [1.165, 1.54) is 23.9 Å². The number of hydrogen-bond donors (Lipinski definition) is 1. The summed E-state index contributed by atoms with van der Waals surface area (Å²) in [7, 11) is 1.32. The van der Waals surface area contributed by atoms with Gasteiger partial charge in [0.25, 0.3) is 0 Å². The molecule has 1 aromatic carbocycles. The monoisotopic (exact) mass is 249 g/mol. The zero-order valence-electron chi connectivity index (χ0n) is 9.66. The molecular formula is C11H11N3O4. The van der Waals surface area contributed by atoms with E-state index >= 15 is 0 Å². The number of carbonyl (C=O) groups excluding carboxylic acids is 1. The summed E-state index contributed by atoms with van der Waals surface area (Å²) in [5, 5.41) is 16.6. The summed E-state index contributed by atoms with van der Waals surface area (Å²) >= 11 is 0. The Morgan fingerprint density at radius 2 is 2.22 bits per heavy atom. The topological polar surface area (TPSA) is 94.3 Å². The Balaban J connectivity index is 2.26. The van der Waals surface area contributed by atoms with Crippen molar-refractivity contribution < 1.29 is 19.4 Å². The van der Waals surface area contributed by atoms with Crippen LogP contribution in [0.2, 0.25) is 0 Å². The number of nitrogens with zero attached hydrogens (tertiary/aromatic N) is 3. The predicted molar refractivity (Wildman–Crippen MR) is 61.1 cm³/mol. The first kappa shape index (κ1) is 12.0. The molecule has 94 valence electrons. The summed E-state index contributed by atoms with van der Waals surface area (Å²) in [5.74, 6) is -1.35. The van der Waals surface area contributed by atoms with Gasteiger partial charge in [-0.3, -0.25) is 4.79 Å². The average molecular weight is 249 g/mol. The standard InChI is InChI=1S/C11H11N3O4/c1-18-10(15)4-5-14-9-3-2-7(11(16)17)6-8(9)12-13-14/h2-3,6H,4-5H2,1H3,(H,16,17). The van der Waals surface area contributed by atoms with Gasteiger partial charge in [0.15, 0.2) is 0 Å². The second-order valence-corrected chi connectivity index (χ2v) is 3.65. The molecule has 0 aliphatic heterocycles. The van der Waals surface area contributed by atoms with Crippen LogP contribution in [-0.2, 0) is 16.1 Å². The van der Waals surface area contributed by atoms with Crippen LogP contribution < -0.4 is 0 Å². The minimum atomic E-state index is -1.01. The van der Waals surface area contributed by atoms with Gasteiger partial charge in [-0.25, -0.2) is 9.48 Å². The molecule has 0 aliphatic carbocycles. The number of ether oxygens (including phenoxy) is 1. The molecule has 18 heavy (non-hydrogen) atoms. The maximum absolute atomic E-state index is 11.0. The van der Waals surface area contributed by atoms with E-state index < -0.39 is 5.97 Å². The Hall–Kier alpha value is -2.44. The summed E-state index contributed by atoms with van der Waals surface area (Å²) in [6, 6.07) is 4.54. The van der Waals surface area contributed by atoms with Gasteiger partial charge in [0, 0.05) is 0 Å². The second-order valence-electron chi connectivity index (χ2n) is 3.65. The van der Waals surface area contributed by atoms with E-state index in [1.807, 2.05) is 0 Å². The van der Waals surface area contributed by atoms with E-state index in [2.05, 4.69) is 15.0 Å². The van der Waals surface area contributed by atoms with Crippen molar-refractivity contribution in [3.8, 4) is 0 Å². The Morgan fingerprint density at radius 1 is 1.44 bits per heavy atom. The Morgan fingerprint density at radius 3 is 2.89 bits per heavy atom. The minimum absolute atomic E-state index is 0.155. The molecule has 0 saturated heterocycles. The number of carboxylic acids is 1. The summed E-state index contributed by atoms with van der Waals surface area (Å²) in [4.78, 5) is 21.8. The van der Waals surface area contributed by atoms with E-state index in [0.29, 0.717) is 17.6 Å². The molecule has 1 aromatic heterocycles. The average Bonchev–Trinajstić information content (AvgIpc) is 2.78. The summed E-state index contributed by atoms with van der Waals surface area (Å²) < 4.78 is 6.07. The Kier molecular flexibility index (Phi) is 3.22. The van der Waals surface area contributed by atoms with Crippen molar-refractivity contribution in [2.24, 2.45) is 0 Å². The number of carbonyl (C=O) groups is 2. The fourth-order valence-electron chi connectivity index (χ4n) is 1.57. The molecule has 2 aromatic rings. The fourth-order valence-corrected chi connectivity index (χ4v) is 1.57. The number of rotatable bonds is 4. The van der Waals surface area contributed by atoms with Gasteiger partial charge in [-0.05, 0) is 18.2 Å². The molecule has 0 amide bonds. The van der Waals surface area contributed by atoms with E-state index in [1.54, 1.807) is 6.07 Å². The first-order valence-electron chi connectivity index (χ1n) is 5.25. The van der Waals surface area contributed by atoms with Gasteiger partial charge in [0.2, 0.25) is 0 Å². The lowest BCUT2D eigenvalue weighted by molar-refractivity contribution is -0.140. The molecule has 0 radical (unpaired) electrons. The number of aryl methyl sites for hydroxylation is 1. The number of fused-ring (bicyclic) bond motifs is 1. The number of hydrogen-bond acceptors (Lipinski definition) is 5. The first-order valence-corrected chi connectivity index (χ1v) is 5.25. The van der Waals surface area contributed by atoms with Crippen LogP contribution in [0.25, 0.3) is 11.0 Å². The van der Waals surface area contributed by atoms with Crippen LogP contribution in [0.5, 0.6) is 0 Å². The van der Waals surface area contributed by atoms with Gasteiger partial charge in [-0.15, -0.1) is 5.10 Å². The highest BCUT2D eigenvalue weighted by Crippen LogP contribution is 2.13. The van der Waals surface area contributed by atoms with Crippen LogP contribution in [-0.4, -0.2) is 39.1 Å². The normalized spacial score (nSPS) is 10.5. The molecule has 0 bridgehead atoms. The SMILES string of the molecule is COC(=O)CCn1nnc2cc(C(=O)O)ccc21. The molecule has 0 saturated carbocycles. The third kappa shape index (κ3) is 2.29. The lowest BCUT2D eigenvalue weighted by Crippen LogP contribution is -2.08. The number of aromatic carboxylic acids is 1. The van der Waals surface area contributed by atoms with Crippen LogP contribution >= 0.6 is 0 Å². The molecule has 0 aliphatic rings. The Bertz CT molecular complexity index is 605. The highest BCUT2D eigenvalue weighted by molar-refractivity contribution is 5.92. The van der Waals surface area contributed by atoms with Gasteiger partial charge in [-0.1, -0.05) is 5.21 Å². The number of aromatic nitrogens is 3. The zero-order valence-corrected chi connectivity index (χ0v) is 9.66. The molecular weight excluding hydrogens is 238 g/mol. The summed E-state index contributed by atoms with van der Waals surface area (Å²) in [5.41, 5.74) is 1.33. The van der Waals surface area contributed by atoms with Crippen molar-refractivity contribution >= 4 is 23.0 Å². The quantitative estimate of drug-likeness (QED) is 0.801. The largest absolute Gasteiger partial charge is 0.478 e. The molecule has 1 heterocycles. The zero-order chi connectivity index (χ0) is 13.1. The molecule has 2 rings (SSSR count). The van der Waals surface area contributed by atoms with Crippen LogP contribution in [0.3, 0.4) is 0 Å².